The summed E-state index contributed by atoms with van der Waals surface area (Å²) >= 11 is 0. The molecule has 2 heteroatoms. The molecule has 0 saturated heterocycles. The average Bonchev–Trinajstić information content (AvgIpc) is 2.39. The third-order valence-electron chi connectivity index (χ3n) is 3.45. The lowest BCUT2D eigenvalue weighted by Gasteiger charge is -2.28. The zero-order chi connectivity index (χ0) is 10.6. The van der Waals surface area contributed by atoms with E-state index in [0.717, 1.165) is 19.4 Å². The first-order chi connectivity index (χ1) is 6.52. The van der Waals surface area contributed by atoms with E-state index in [-0.39, 0.29) is 6.10 Å². The van der Waals surface area contributed by atoms with Crippen LogP contribution in [-0.4, -0.2) is 23.8 Å². The zero-order valence-corrected chi connectivity index (χ0v) is 9.84. The lowest BCUT2D eigenvalue weighted by Crippen LogP contribution is -2.38. The third-order valence-corrected chi connectivity index (χ3v) is 3.45. The molecule has 0 spiro atoms. The fourth-order valence-electron chi connectivity index (χ4n) is 2.38. The molecule has 0 radical (unpaired) electrons. The Morgan fingerprint density at radius 2 is 2.21 bits per heavy atom. The Hall–Kier alpha value is -0.0800. The summed E-state index contributed by atoms with van der Waals surface area (Å²) in [5.41, 5.74) is 0.477. The summed E-state index contributed by atoms with van der Waals surface area (Å²) < 4.78 is 0. The first-order valence-electron chi connectivity index (χ1n) is 5.94. The second-order valence-corrected chi connectivity index (χ2v) is 5.38. The molecule has 0 amide bonds. The topological polar surface area (TPSA) is 32.3 Å². The molecule has 14 heavy (non-hydrogen) atoms. The van der Waals surface area contributed by atoms with Crippen LogP contribution in [0.3, 0.4) is 0 Å². The Morgan fingerprint density at radius 1 is 1.50 bits per heavy atom. The Balaban J connectivity index is 2.12. The van der Waals surface area contributed by atoms with Gasteiger partial charge in [0.05, 0.1) is 6.10 Å². The van der Waals surface area contributed by atoms with Crippen LogP contribution in [-0.2, 0) is 0 Å². The Morgan fingerprint density at radius 3 is 2.71 bits per heavy atom. The molecule has 0 aromatic rings. The molecule has 0 aliphatic heterocycles. The quantitative estimate of drug-likeness (QED) is 0.666. The van der Waals surface area contributed by atoms with Crippen molar-refractivity contribution in [3.8, 4) is 0 Å². The van der Waals surface area contributed by atoms with E-state index in [4.69, 9.17) is 5.11 Å². The maximum absolute atomic E-state index is 9.12. The van der Waals surface area contributed by atoms with Crippen LogP contribution in [0.1, 0.15) is 52.9 Å². The van der Waals surface area contributed by atoms with Crippen molar-refractivity contribution in [2.45, 2.75) is 65.0 Å². The average molecular weight is 199 g/mol. The molecule has 0 aromatic heterocycles. The molecule has 2 N–H and O–H groups in total. The number of rotatable bonds is 5. The molecule has 1 saturated carbocycles. The predicted octanol–water partition coefficient (Wildman–Crippen LogP) is 2.32. The first-order valence-corrected chi connectivity index (χ1v) is 5.94. The van der Waals surface area contributed by atoms with Gasteiger partial charge in [-0.25, -0.2) is 0 Å². The molecule has 0 bridgehead atoms. The molecule has 0 heterocycles. The van der Waals surface area contributed by atoms with E-state index in [1.165, 1.54) is 19.3 Å². The summed E-state index contributed by atoms with van der Waals surface area (Å²) in [6, 6.07) is 0.691. The van der Waals surface area contributed by atoms with Crippen LogP contribution in [0.25, 0.3) is 0 Å². The van der Waals surface area contributed by atoms with Crippen LogP contribution < -0.4 is 5.32 Å². The number of aliphatic hydroxyl groups excluding tert-OH is 1. The van der Waals surface area contributed by atoms with Crippen LogP contribution in [0, 0.1) is 5.41 Å². The predicted molar refractivity (Wildman–Crippen MR) is 60.3 cm³/mol. The van der Waals surface area contributed by atoms with Gasteiger partial charge in [-0.15, -0.1) is 0 Å². The Kier molecular flexibility index (Phi) is 4.39. The molecular formula is C12H25NO. The summed E-state index contributed by atoms with van der Waals surface area (Å²) in [6.45, 7) is 7.62. The van der Waals surface area contributed by atoms with Gasteiger partial charge in [-0.1, -0.05) is 20.3 Å². The molecule has 84 valence electrons. The maximum atomic E-state index is 9.12. The van der Waals surface area contributed by atoms with Crippen LogP contribution in [0.15, 0.2) is 0 Å². The van der Waals surface area contributed by atoms with E-state index in [2.05, 4.69) is 19.2 Å². The van der Waals surface area contributed by atoms with Crippen molar-refractivity contribution in [2.75, 3.05) is 6.54 Å². The lowest BCUT2D eigenvalue weighted by atomic mass is 9.87. The van der Waals surface area contributed by atoms with Gasteiger partial charge in [-0.3, -0.25) is 0 Å². The maximum Gasteiger partial charge on any atom is 0.0512 e. The van der Waals surface area contributed by atoms with Gasteiger partial charge in [0.2, 0.25) is 0 Å². The fraction of sp³-hybridized carbons (Fsp3) is 1.00. The van der Waals surface area contributed by atoms with Crippen molar-refractivity contribution >= 4 is 0 Å². The van der Waals surface area contributed by atoms with E-state index in [9.17, 15) is 0 Å². The highest BCUT2D eigenvalue weighted by atomic mass is 16.3. The minimum atomic E-state index is -0.145. The second kappa shape index (κ2) is 5.13. The van der Waals surface area contributed by atoms with E-state index >= 15 is 0 Å². The zero-order valence-electron chi connectivity index (χ0n) is 9.84. The molecular weight excluding hydrogens is 174 g/mol. The monoisotopic (exact) mass is 199 g/mol. The number of aliphatic hydroxyl groups is 1. The highest BCUT2D eigenvalue weighted by Crippen LogP contribution is 2.36. The molecule has 1 fully saturated rings. The van der Waals surface area contributed by atoms with Gasteiger partial charge in [0.1, 0.15) is 0 Å². The van der Waals surface area contributed by atoms with Gasteiger partial charge < -0.3 is 10.4 Å². The summed E-state index contributed by atoms with van der Waals surface area (Å²) in [7, 11) is 0. The molecule has 2 nitrogen and oxygen atoms in total. The molecule has 2 atom stereocenters. The highest BCUT2D eigenvalue weighted by molar-refractivity contribution is 4.89. The van der Waals surface area contributed by atoms with Crippen molar-refractivity contribution < 1.29 is 5.11 Å². The highest BCUT2D eigenvalue weighted by Gasteiger charge is 2.33. The number of nitrogens with one attached hydrogen (secondary N) is 1. The van der Waals surface area contributed by atoms with Crippen molar-refractivity contribution in [3.63, 3.8) is 0 Å². The number of hydrogen-bond donors (Lipinski definition) is 2. The summed E-state index contributed by atoms with van der Waals surface area (Å²) in [5.74, 6) is 0. The third kappa shape index (κ3) is 3.58. The normalized spacial score (nSPS) is 27.9. The minimum Gasteiger partial charge on any atom is -0.393 e. The van der Waals surface area contributed by atoms with Crippen LogP contribution in [0.2, 0.25) is 0 Å². The van der Waals surface area contributed by atoms with Crippen molar-refractivity contribution in [3.05, 3.63) is 0 Å². The molecule has 0 aromatic carbocycles. The van der Waals surface area contributed by atoms with Crippen molar-refractivity contribution in [1.82, 2.24) is 5.32 Å². The van der Waals surface area contributed by atoms with E-state index in [1.54, 1.807) is 0 Å². The summed E-state index contributed by atoms with van der Waals surface area (Å²) in [5, 5.41) is 12.7. The summed E-state index contributed by atoms with van der Waals surface area (Å²) in [4.78, 5) is 0. The van der Waals surface area contributed by atoms with Gasteiger partial charge in [0.15, 0.2) is 0 Å². The van der Waals surface area contributed by atoms with Gasteiger partial charge in [-0.05, 0) is 44.6 Å². The van der Waals surface area contributed by atoms with Crippen LogP contribution >= 0.6 is 0 Å². The van der Waals surface area contributed by atoms with Crippen molar-refractivity contribution in [2.24, 2.45) is 5.41 Å². The smallest absolute Gasteiger partial charge is 0.0512 e. The molecule has 1 aliphatic carbocycles. The minimum absolute atomic E-state index is 0.145. The fourth-order valence-corrected chi connectivity index (χ4v) is 2.38. The first kappa shape index (κ1) is 12.0. The van der Waals surface area contributed by atoms with E-state index in [1.807, 2.05) is 6.92 Å². The van der Waals surface area contributed by atoms with E-state index in [0.29, 0.717) is 11.5 Å². The second-order valence-electron chi connectivity index (χ2n) is 5.38. The van der Waals surface area contributed by atoms with Crippen molar-refractivity contribution in [1.29, 1.82) is 0 Å². The van der Waals surface area contributed by atoms with Gasteiger partial charge in [0, 0.05) is 6.04 Å². The SMILES string of the molecule is CC(O)CCCNC1CCCC1(C)C. The van der Waals surface area contributed by atoms with Gasteiger partial charge >= 0.3 is 0 Å². The molecule has 1 aliphatic rings. The standard InChI is InChI=1S/C12H25NO/c1-10(14)6-5-9-13-11-7-4-8-12(11,2)3/h10-11,13-14H,4-9H2,1-3H3. The largest absolute Gasteiger partial charge is 0.393 e. The van der Waals surface area contributed by atoms with E-state index < -0.39 is 0 Å². The lowest BCUT2D eigenvalue weighted by molar-refractivity contribution is 0.179. The van der Waals surface area contributed by atoms with Crippen LogP contribution in [0.4, 0.5) is 0 Å². The molecule has 2 unspecified atom stereocenters. The Bertz CT molecular complexity index is 166. The summed E-state index contributed by atoms with van der Waals surface area (Å²) in [6.07, 6.45) is 5.89. The van der Waals surface area contributed by atoms with Crippen LogP contribution in [0.5, 0.6) is 0 Å². The molecule has 1 rings (SSSR count). The van der Waals surface area contributed by atoms with Gasteiger partial charge in [-0.2, -0.15) is 0 Å². The van der Waals surface area contributed by atoms with Gasteiger partial charge in [0.25, 0.3) is 0 Å². The number of hydrogen-bond acceptors (Lipinski definition) is 2. The Labute approximate surface area is 88.1 Å².